The first-order chi connectivity index (χ1) is 18.7. The third-order valence-corrected chi connectivity index (χ3v) is 7.83. The molecule has 2 unspecified atom stereocenters. The second-order valence-electron chi connectivity index (χ2n) is 11.2. The Morgan fingerprint density at radius 3 is 2.05 bits per heavy atom. The van der Waals surface area contributed by atoms with Gasteiger partial charge in [-0.25, -0.2) is 19.6 Å². The number of rotatable bonds is 20. The van der Waals surface area contributed by atoms with Crippen LogP contribution in [0, 0.1) is 17.8 Å². The summed E-state index contributed by atoms with van der Waals surface area (Å²) in [6, 6.07) is -1.24. The maximum absolute atomic E-state index is 13.2. The van der Waals surface area contributed by atoms with Crippen LogP contribution >= 0.6 is 11.8 Å². The van der Waals surface area contributed by atoms with Crippen LogP contribution in [0.4, 0.5) is 19.1 Å². The van der Waals surface area contributed by atoms with Crippen LogP contribution in [0.15, 0.2) is 17.8 Å². The number of aromatic carboxylic acids is 1. The van der Waals surface area contributed by atoms with Gasteiger partial charge in [-0.15, -0.1) is 0 Å². The van der Waals surface area contributed by atoms with Crippen LogP contribution in [0.2, 0.25) is 0 Å². The van der Waals surface area contributed by atoms with E-state index in [4.69, 9.17) is 5.11 Å². The summed E-state index contributed by atoms with van der Waals surface area (Å²) < 4.78 is 39.5. The zero-order valence-corrected chi connectivity index (χ0v) is 31.2. The molecule has 232 valence electrons. The second kappa shape index (κ2) is 23.1. The molecule has 0 bridgehead atoms. The molecule has 42 heavy (non-hydrogen) atoms. The van der Waals surface area contributed by atoms with Crippen LogP contribution < -0.4 is 64.4 Å². The van der Waals surface area contributed by atoms with E-state index in [2.05, 4.69) is 43.0 Å². The summed E-state index contributed by atoms with van der Waals surface area (Å²) in [4.78, 5) is 29.4. The van der Waals surface area contributed by atoms with E-state index in [-0.39, 0.29) is 67.7 Å². The zero-order valence-electron chi connectivity index (χ0n) is 28.4. The SMILES string of the molecule is C/C(=C\CSC[C@H](Nc1ncc(C(=O)O)c(C(F)(F)F)n1)C(=O)O)CCCC(C)CCCC(C)CCCC(C)C.[H-].[H-].[Na+].[Na+]. The standard InChI is InChI=1S/C29H46F3N3O4S.2Na.2H/c1-19(2)9-6-10-20(3)11-7-12-21(4)13-8-14-22(5)15-16-40-18-24(27(38)39)34-28-33-17-23(26(36)37)25(35-28)29(30,31)32;;;;/h15,17,19-21,24H,6-14,16,18H2,1-5H3,(H,36,37)(H,38,39)(H,33,34,35);;;;/q;2*+1;2*-1/b22-15+;;;;/t20?,21?,24-;;;;/m0..../s1. The number of halogens is 3. The number of carboxylic acids is 2. The number of hydrogen-bond donors (Lipinski definition) is 3. The van der Waals surface area contributed by atoms with E-state index in [1.807, 2.05) is 13.0 Å². The van der Waals surface area contributed by atoms with Gasteiger partial charge in [0, 0.05) is 17.7 Å². The van der Waals surface area contributed by atoms with Crippen molar-refractivity contribution in [3.63, 3.8) is 0 Å². The molecule has 0 spiro atoms. The number of aliphatic carboxylic acids is 1. The van der Waals surface area contributed by atoms with Crippen molar-refractivity contribution < 1.29 is 94.9 Å². The van der Waals surface area contributed by atoms with E-state index in [1.54, 1.807) is 0 Å². The quantitative estimate of drug-likeness (QED) is 0.114. The largest absolute Gasteiger partial charge is 1.00 e. The van der Waals surface area contributed by atoms with Gasteiger partial charge in [0.25, 0.3) is 0 Å². The van der Waals surface area contributed by atoms with Gasteiger partial charge in [0.15, 0.2) is 5.69 Å². The van der Waals surface area contributed by atoms with Crippen LogP contribution in [-0.4, -0.2) is 49.7 Å². The first-order valence-corrected chi connectivity index (χ1v) is 15.3. The van der Waals surface area contributed by atoms with Gasteiger partial charge >= 0.3 is 77.2 Å². The fraction of sp³-hybridized carbons (Fsp3) is 0.724. The summed E-state index contributed by atoms with van der Waals surface area (Å²) in [7, 11) is 0. The van der Waals surface area contributed by atoms with Crippen LogP contribution in [0.5, 0.6) is 0 Å². The minimum Gasteiger partial charge on any atom is -1.00 e. The van der Waals surface area contributed by atoms with Crippen LogP contribution in [0.25, 0.3) is 0 Å². The molecule has 13 heteroatoms. The molecule has 1 aromatic heterocycles. The molecule has 3 atom stereocenters. The number of carbonyl (C=O) groups is 2. The first-order valence-electron chi connectivity index (χ1n) is 14.1. The number of hydrogen-bond acceptors (Lipinski definition) is 6. The number of nitrogens with zero attached hydrogens (tertiary/aromatic N) is 2. The molecule has 7 nitrogen and oxygen atoms in total. The fourth-order valence-electron chi connectivity index (χ4n) is 4.35. The third-order valence-electron chi connectivity index (χ3n) is 6.86. The molecule has 0 aliphatic carbocycles. The molecule has 0 saturated heterocycles. The summed E-state index contributed by atoms with van der Waals surface area (Å²) >= 11 is 1.32. The van der Waals surface area contributed by atoms with Gasteiger partial charge in [0.05, 0.1) is 0 Å². The Balaban J connectivity index is -0.00000200. The Morgan fingerprint density at radius 2 is 1.55 bits per heavy atom. The number of anilines is 1. The molecular weight excluding hydrogens is 589 g/mol. The van der Waals surface area contributed by atoms with Gasteiger partial charge in [-0.05, 0) is 37.5 Å². The van der Waals surface area contributed by atoms with Crippen molar-refractivity contribution in [1.82, 2.24) is 9.97 Å². The van der Waals surface area contributed by atoms with Gasteiger partial charge in [0.1, 0.15) is 11.6 Å². The van der Waals surface area contributed by atoms with E-state index >= 15 is 0 Å². The normalized spacial score (nSPS) is 14.0. The fourth-order valence-corrected chi connectivity index (χ4v) is 5.35. The molecule has 0 amide bonds. The van der Waals surface area contributed by atoms with Crippen LogP contribution in [-0.2, 0) is 11.0 Å². The van der Waals surface area contributed by atoms with E-state index in [0.717, 1.165) is 24.7 Å². The van der Waals surface area contributed by atoms with E-state index in [0.29, 0.717) is 17.9 Å². The maximum atomic E-state index is 13.2. The van der Waals surface area contributed by atoms with Crippen molar-refractivity contribution in [3.8, 4) is 0 Å². The average molecular weight is 638 g/mol. The van der Waals surface area contributed by atoms with E-state index in [1.165, 1.54) is 62.3 Å². The number of allylic oxidation sites excluding steroid dienone is 1. The smallest absolute Gasteiger partial charge is 1.00 e. The molecule has 1 heterocycles. The third kappa shape index (κ3) is 19.2. The van der Waals surface area contributed by atoms with Crippen LogP contribution in [0.1, 0.15) is 111 Å². The molecule has 0 radical (unpaired) electrons. The maximum Gasteiger partial charge on any atom is 1.00 e. The van der Waals surface area contributed by atoms with Gasteiger partial charge in [0.2, 0.25) is 5.95 Å². The topological polar surface area (TPSA) is 112 Å². The van der Waals surface area contributed by atoms with Crippen molar-refractivity contribution >= 4 is 29.6 Å². The van der Waals surface area contributed by atoms with Crippen molar-refractivity contribution in [1.29, 1.82) is 0 Å². The molecule has 3 N–H and O–H groups in total. The van der Waals surface area contributed by atoms with Gasteiger partial charge in [-0.1, -0.05) is 84.3 Å². The first kappa shape index (κ1) is 43.8. The number of thioether (sulfide) groups is 1. The molecule has 0 aromatic carbocycles. The summed E-state index contributed by atoms with van der Waals surface area (Å²) in [5.74, 6) is -0.779. The molecular formula is C29H48F3N3Na2O4S. The minimum absolute atomic E-state index is 0. The van der Waals surface area contributed by atoms with E-state index < -0.39 is 41.4 Å². The number of carboxylic acid groups (broad SMARTS) is 2. The molecule has 1 aromatic rings. The van der Waals surface area contributed by atoms with Crippen molar-refractivity contribution in [2.45, 2.75) is 105 Å². The average Bonchev–Trinajstić information content (AvgIpc) is 2.84. The van der Waals surface area contributed by atoms with Crippen molar-refractivity contribution in [3.05, 3.63) is 29.1 Å². The summed E-state index contributed by atoms with van der Waals surface area (Å²) in [6.45, 7) is 11.3. The molecule has 1 rings (SSSR count). The summed E-state index contributed by atoms with van der Waals surface area (Å²) in [5, 5.41) is 20.8. The van der Waals surface area contributed by atoms with Gasteiger partial charge in [-0.2, -0.15) is 24.9 Å². The molecule has 0 aliphatic heterocycles. The van der Waals surface area contributed by atoms with Crippen LogP contribution in [0.3, 0.4) is 0 Å². The number of alkyl halides is 3. The number of nitrogens with one attached hydrogen (secondary N) is 1. The molecule has 0 aliphatic rings. The van der Waals surface area contributed by atoms with Gasteiger partial charge < -0.3 is 18.4 Å². The minimum atomic E-state index is -5.02. The Hall–Kier alpha value is -0.300. The Bertz CT molecular complexity index is 980. The monoisotopic (exact) mass is 637 g/mol. The van der Waals surface area contributed by atoms with Crippen molar-refractivity contribution in [2.75, 3.05) is 16.8 Å². The molecule has 0 fully saturated rings. The number of aromatic nitrogens is 2. The second-order valence-corrected chi connectivity index (χ2v) is 12.3. The van der Waals surface area contributed by atoms with E-state index in [9.17, 15) is 27.9 Å². The zero-order chi connectivity index (χ0) is 30.3. The molecule has 0 saturated carbocycles. The predicted octanol–water partition coefficient (Wildman–Crippen LogP) is 2.41. The Kier molecular flexibility index (Phi) is 24.1. The summed E-state index contributed by atoms with van der Waals surface area (Å²) in [5.41, 5.74) is -1.51. The summed E-state index contributed by atoms with van der Waals surface area (Å²) in [6.07, 6.45) is 8.59. The van der Waals surface area contributed by atoms with Gasteiger partial charge in [-0.3, -0.25) is 0 Å². The Morgan fingerprint density at radius 1 is 1.00 bits per heavy atom. The van der Waals surface area contributed by atoms with Crippen molar-refractivity contribution in [2.24, 2.45) is 17.8 Å². The Labute approximate surface area is 300 Å². The predicted molar refractivity (Wildman–Crippen MR) is 157 cm³/mol.